The van der Waals surface area contributed by atoms with E-state index in [1.54, 1.807) is 13.0 Å². The van der Waals surface area contributed by atoms with Gasteiger partial charge in [-0.25, -0.2) is 0 Å². The highest BCUT2D eigenvalue weighted by Crippen LogP contribution is 2.29. The SMILES string of the molecule is Cc1cc(CN2CCC[C@@H]2C(N)=O)c(CNC(=O)c2cc(Br)cc(NC3CCCC3)c2C=N)c(=O)[nH]1. The van der Waals surface area contributed by atoms with Gasteiger partial charge in [0.25, 0.3) is 11.5 Å². The van der Waals surface area contributed by atoms with Crippen molar-refractivity contribution in [2.24, 2.45) is 5.73 Å². The molecule has 36 heavy (non-hydrogen) atoms. The van der Waals surface area contributed by atoms with Crippen LogP contribution in [0.15, 0.2) is 27.5 Å². The van der Waals surface area contributed by atoms with Crippen LogP contribution in [-0.2, 0) is 17.9 Å². The minimum Gasteiger partial charge on any atom is -0.382 e. The van der Waals surface area contributed by atoms with Gasteiger partial charge in [-0.3, -0.25) is 19.3 Å². The van der Waals surface area contributed by atoms with Crippen LogP contribution >= 0.6 is 15.9 Å². The van der Waals surface area contributed by atoms with Gasteiger partial charge in [0.2, 0.25) is 5.91 Å². The monoisotopic (exact) mass is 556 g/mol. The van der Waals surface area contributed by atoms with Crippen molar-refractivity contribution < 1.29 is 9.59 Å². The molecule has 0 bridgehead atoms. The summed E-state index contributed by atoms with van der Waals surface area (Å²) >= 11 is 3.49. The van der Waals surface area contributed by atoms with E-state index in [1.165, 1.54) is 19.1 Å². The number of primary amides is 1. The van der Waals surface area contributed by atoms with Gasteiger partial charge in [0.1, 0.15) is 0 Å². The van der Waals surface area contributed by atoms with Crippen LogP contribution in [0.25, 0.3) is 0 Å². The van der Waals surface area contributed by atoms with E-state index in [1.807, 2.05) is 17.0 Å². The zero-order valence-electron chi connectivity index (χ0n) is 20.5. The van der Waals surface area contributed by atoms with Gasteiger partial charge in [0, 0.05) is 52.3 Å². The summed E-state index contributed by atoms with van der Waals surface area (Å²) in [5, 5.41) is 14.3. The first-order chi connectivity index (χ1) is 17.3. The van der Waals surface area contributed by atoms with Gasteiger partial charge in [-0.1, -0.05) is 28.8 Å². The summed E-state index contributed by atoms with van der Waals surface area (Å²) in [6.07, 6.45) is 7.24. The van der Waals surface area contributed by atoms with Crippen molar-refractivity contribution in [1.29, 1.82) is 5.41 Å². The van der Waals surface area contributed by atoms with Gasteiger partial charge in [-0.05, 0) is 62.9 Å². The van der Waals surface area contributed by atoms with Crippen molar-refractivity contribution >= 4 is 39.6 Å². The van der Waals surface area contributed by atoms with Crippen LogP contribution in [0.3, 0.4) is 0 Å². The van der Waals surface area contributed by atoms with E-state index in [9.17, 15) is 14.4 Å². The molecule has 2 fully saturated rings. The Labute approximate surface area is 218 Å². The van der Waals surface area contributed by atoms with Crippen LogP contribution in [0.5, 0.6) is 0 Å². The Morgan fingerprint density at radius 2 is 1.97 bits per heavy atom. The van der Waals surface area contributed by atoms with Gasteiger partial charge >= 0.3 is 0 Å². The largest absolute Gasteiger partial charge is 0.382 e. The Balaban J connectivity index is 1.56. The number of pyridine rings is 1. The number of likely N-dealkylation sites (tertiary alicyclic amines) is 1. The average Bonchev–Trinajstić information content (AvgIpc) is 3.50. The Bertz CT molecular complexity index is 1220. The van der Waals surface area contributed by atoms with Crippen molar-refractivity contribution in [3.05, 3.63) is 61.0 Å². The summed E-state index contributed by atoms with van der Waals surface area (Å²) in [5.41, 5.74) is 8.83. The summed E-state index contributed by atoms with van der Waals surface area (Å²) < 4.78 is 0.735. The second kappa shape index (κ2) is 11.4. The minimum absolute atomic E-state index is 0.0220. The molecule has 192 valence electrons. The topological polar surface area (TPSA) is 144 Å². The van der Waals surface area contributed by atoms with Crippen molar-refractivity contribution in [2.75, 3.05) is 11.9 Å². The van der Waals surface area contributed by atoms with Gasteiger partial charge in [0.15, 0.2) is 0 Å². The maximum atomic E-state index is 13.3. The Morgan fingerprint density at radius 1 is 1.22 bits per heavy atom. The van der Waals surface area contributed by atoms with E-state index in [0.29, 0.717) is 41.4 Å². The molecule has 0 spiro atoms. The Kier molecular flexibility index (Phi) is 8.25. The first-order valence-electron chi connectivity index (χ1n) is 12.4. The summed E-state index contributed by atoms with van der Waals surface area (Å²) in [4.78, 5) is 42.8. The second-order valence-corrected chi connectivity index (χ2v) is 10.6. The first kappa shape index (κ1) is 26.1. The lowest BCUT2D eigenvalue weighted by Crippen LogP contribution is -2.40. The van der Waals surface area contributed by atoms with Crippen molar-refractivity contribution in [3.63, 3.8) is 0 Å². The normalized spacial score (nSPS) is 18.3. The lowest BCUT2D eigenvalue weighted by molar-refractivity contribution is -0.122. The molecule has 2 aromatic rings. The molecule has 1 aliphatic carbocycles. The number of nitrogens with zero attached hydrogens (tertiary/aromatic N) is 1. The molecular weight excluding hydrogens is 524 g/mol. The van der Waals surface area contributed by atoms with E-state index in [-0.39, 0.29) is 30.0 Å². The number of H-pyrrole nitrogens is 1. The molecule has 1 aliphatic heterocycles. The number of nitrogens with one attached hydrogen (secondary N) is 4. The predicted molar refractivity (Wildman–Crippen MR) is 144 cm³/mol. The minimum atomic E-state index is -0.369. The van der Waals surface area contributed by atoms with Crippen molar-refractivity contribution in [2.45, 2.75) is 70.6 Å². The number of carbonyl (C=O) groups is 2. The highest BCUT2D eigenvalue weighted by Gasteiger charge is 2.30. The highest BCUT2D eigenvalue weighted by atomic mass is 79.9. The third kappa shape index (κ3) is 5.87. The molecule has 1 atom stereocenters. The van der Waals surface area contributed by atoms with Crippen LogP contribution in [0, 0.1) is 12.3 Å². The third-order valence-corrected chi connectivity index (χ3v) is 7.56. The van der Waals surface area contributed by atoms with E-state index in [0.717, 1.165) is 41.5 Å². The Hall–Kier alpha value is -2.98. The third-order valence-electron chi connectivity index (χ3n) is 7.10. The molecular formula is C26H33BrN6O3. The zero-order chi connectivity index (χ0) is 25.8. The fourth-order valence-electron chi connectivity index (χ4n) is 5.31. The standard InChI is InChI=1S/C26H33BrN6O3/c1-15-9-16(14-33-8-4-7-23(33)24(29)34)21(26(36)31-15)13-30-25(35)19-10-17(27)11-22(20(19)12-28)32-18-5-2-3-6-18/h9-12,18,23,28,32H,2-8,13-14H2,1H3,(H2,29,34)(H,30,35)(H,31,36)/t23-/m1/s1. The van der Waals surface area contributed by atoms with Crippen molar-refractivity contribution in [1.82, 2.24) is 15.2 Å². The predicted octanol–water partition coefficient (Wildman–Crippen LogP) is 3.18. The van der Waals surface area contributed by atoms with Crippen LogP contribution in [0.1, 0.15) is 71.3 Å². The fourth-order valence-corrected chi connectivity index (χ4v) is 5.77. The molecule has 0 radical (unpaired) electrons. The van der Waals surface area contributed by atoms with Gasteiger partial charge in [-0.2, -0.15) is 0 Å². The van der Waals surface area contributed by atoms with Crippen LogP contribution in [0.2, 0.25) is 0 Å². The number of hydrogen-bond acceptors (Lipinski definition) is 6. The van der Waals surface area contributed by atoms with Crippen LogP contribution in [-0.4, -0.2) is 46.5 Å². The molecule has 0 unspecified atom stereocenters. The zero-order valence-corrected chi connectivity index (χ0v) is 22.0. The summed E-state index contributed by atoms with van der Waals surface area (Å²) in [6.45, 7) is 2.96. The lowest BCUT2D eigenvalue weighted by atomic mass is 10.0. The molecule has 6 N–H and O–H groups in total. The first-order valence-corrected chi connectivity index (χ1v) is 13.2. The number of carbonyl (C=O) groups excluding carboxylic acids is 2. The number of halogens is 1. The summed E-state index contributed by atoms with van der Waals surface area (Å²) in [6, 6.07) is 5.44. The molecule has 1 aromatic carbocycles. The molecule has 2 heterocycles. The number of aromatic nitrogens is 1. The number of aryl methyl sites for hydroxylation is 1. The molecule has 10 heteroatoms. The number of amides is 2. The van der Waals surface area contributed by atoms with Gasteiger partial charge < -0.3 is 26.8 Å². The van der Waals surface area contributed by atoms with Gasteiger partial charge in [-0.15, -0.1) is 0 Å². The molecule has 9 nitrogen and oxygen atoms in total. The summed E-state index contributed by atoms with van der Waals surface area (Å²) in [5.74, 6) is -0.730. The highest BCUT2D eigenvalue weighted by molar-refractivity contribution is 9.10. The number of anilines is 1. The quantitative estimate of drug-likeness (QED) is 0.301. The molecule has 1 aromatic heterocycles. The second-order valence-electron chi connectivity index (χ2n) is 9.68. The summed E-state index contributed by atoms with van der Waals surface area (Å²) in [7, 11) is 0. The number of nitrogens with two attached hydrogens (primary N) is 1. The smallest absolute Gasteiger partial charge is 0.253 e. The number of benzene rings is 1. The number of aromatic amines is 1. The molecule has 2 amide bonds. The lowest BCUT2D eigenvalue weighted by Gasteiger charge is -2.23. The molecule has 1 saturated heterocycles. The molecule has 2 aliphatic rings. The number of hydrogen-bond donors (Lipinski definition) is 5. The van der Waals surface area contributed by atoms with E-state index >= 15 is 0 Å². The van der Waals surface area contributed by atoms with E-state index < -0.39 is 0 Å². The fraction of sp³-hybridized carbons (Fsp3) is 0.462. The van der Waals surface area contributed by atoms with Gasteiger partial charge in [0.05, 0.1) is 11.6 Å². The maximum absolute atomic E-state index is 13.3. The van der Waals surface area contributed by atoms with Crippen molar-refractivity contribution in [3.8, 4) is 0 Å². The van der Waals surface area contributed by atoms with E-state index in [4.69, 9.17) is 11.1 Å². The molecule has 1 saturated carbocycles. The Morgan fingerprint density at radius 3 is 2.67 bits per heavy atom. The maximum Gasteiger partial charge on any atom is 0.253 e. The van der Waals surface area contributed by atoms with Crippen LogP contribution < -0.4 is 21.9 Å². The molecule has 4 rings (SSSR count). The van der Waals surface area contributed by atoms with E-state index in [2.05, 4.69) is 31.5 Å². The van der Waals surface area contributed by atoms with Crippen LogP contribution in [0.4, 0.5) is 5.69 Å². The average molecular weight is 557 g/mol. The number of rotatable bonds is 9.